The minimum absolute atomic E-state index is 0.0943. The van der Waals surface area contributed by atoms with Gasteiger partial charge in [0.1, 0.15) is 0 Å². The Morgan fingerprint density at radius 1 is 1.33 bits per heavy atom. The summed E-state index contributed by atoms with van der Waals surface area (Å²) in [6, 6.07) is 9.34. The van der Waals surface area contributed by atoms with Crippen LogP contribution in [0.2, 0.25) is 0 Å². The van der Waals surface area contributed by atoms with E-state index < -0.39 is 5.60 Å². The molecule has 1 aliphatic carbocycles. The molecule has 18 heavy (non-hydrogen) atoms. The molecule has 1 fully saturated rings. The summed E-state index contributed by atoms with van der Waals surface area (Å²) in [4.78, 5) is 12.6. The van der Waals surface area contributed by atoms with Crippen molar-refractivity contribution in [2.24, 2.45) is 17.8 Å². The fraction of sp³-hybridized carbons (Fsp3) is 0.562. The van der Waals surface area contributed by atoms with Gasteiger partial charge >= 0.3 is 0 Å². The Labute approximate surface area is 109 Å². The number of Topliss-reactive ketones (excluding diaryl/α,β-unsaturated/α-hetero) is 1. The number of hydrogen-bond acceptors (Lipinski definition) is 2. The van der Waals surface area contributed by atoms with Crippen molar-refractivity contribution in [1.29, 1.82) is 0 Å². The Morgan fingerprint density at radius 3 is 2.50 bits per heavy atom. The lowest BCUT2D eigenvalue weighted by atomic mass is 9.77. The van der Waals surface area contributed by atoms with E-state index in [0.717, 1.165) is 18.4 Å². The van der Waals surface area contributed by atoms with E-state index in [4.69, 9.17) is 0 Å². The second-order valence-electron chi connectivity index (χ2n) is 6.01. The highest BCUT2D eigenvalue weighted by molar-refractivity contribution is 5.99. The monoisotopic (exact) mass is 246 g/mol. The van der Waals surface area contributed by atoms with Crippen molar-refractivity contribution < 1.29 is 9.90 Å². The van der Waals surface area contributed by atoms with Gasteiger partial charge in [0.2, 0.25) is 0 Å². The average molecular weight is 246 g/mol. The molecule has 98 valence electrons. The SMILES string of the molecule is CC(C)[C@H]1CC[C@](C)(O)[C@@H]1C(=O)c1ccccc1. The summed E-state index contributed by atoms with van der Waals surface area (Å²) in [7, 11) is 0. The second kappa shape index (κ2) is 4.85. The van der Waals surface area contributed by atoms with E-state index in [1.807, 2.05) is 30.3 Å². The van der Waals surface area contributed by atoms with Gasteiger partial charge in [0.05, 0.1) is 11.5 Å². The highest BCUT2D eigenvalue weighted by atomic mass is 16.3. The molecule has 0 heterocycles. The molecule has 2 heteroatoms. The average Bonchev–Trinajstić information content (AvgIpc) is 2.65. The van der Waals surface area contributed by atoms with Crippen molar-refractivity contribution in [3.63, 3.8) is 0 Å². The molecule has 3 atom stereocenters. The van der Waals surface area contributed by atoms with Crippen LogP contribution in [-0.2, 0) is 0 Å². The van der Waals surface area contributed by atoms with E-state index in [0.29, 0.717) is 5.92 Å². The van der Waals surface area contributed by atoms with Gasteiger partial charge in [-0.05, 0) is 31.6 Å². The van der Waals surface area contributed by atoms with Crippen molar-refractivity contribution in [1.82, 2.24) is 0 Å². The largest absolute Gasteiger partial charge is 0.389 e. The maximum absolute atomic E-state index is 12.6. The quantitative estimate of drug-likeness (QED) is 0.831. The van der Waals surface area contributed by atoms with Gasteiger partial charge in [0.25, 0.3) is 0 Å². The predicted octanol–water partition coefficient (Wildman–Crippen LogP) is 3.30. The minimum Gasteiger partial charge on any atom is -0.389 e. The number of aliphatic hydroxyl groups is 1. The number of carbonyl (C=O) groups excluding carboxylic acids is 1. The van der Waals surface area contributed by atoms with E-state index in [2.05, 4.69) is 13.8 Å². The third kappa shape index (κ3) is 2.35. The van der Waals surface area contributed by atoms with Crippen molar-refractivity contribution in [2.45, 2.75) is 39.2 Å². The number of hydrogen-bond donors (Lipinski definition) is 1. The van der Waals surface area contributed by atoms with Crippen LogP contribution in [0, 0.1) is 17.8 Å². The number of carbonyl (C=O) groups is 1. The van der Waals surface area contributed by atoms with E-state index in [1.54, 1.807) is 6.92 Å². The highest BCUT2D eigenvalue weighted by Gasteiger charge is 2.48. The smallest absolute Gasteiger partial charge is 0.169 e. The lowest BCUT2D eigenvalue weighted by Gasteiger charge is -2.30. The minimum atomic E-state index is -0.859. The van der Waals surface area contributed by atoms with E-state index in [1.165, 1.54) is 0 Å². The molecule has 0 spiro atoms. The van der Waals surface area contributed by atoms with E-state index in [-0.39, 0.29) is 17.6 Å². The summed E-state index contributed by atoms with van der Waals surface area (Å²) >= 11 is 0. The van der Waals surface area contributed by atoms with Crippen LogP contribution in [0.3, 0.4) is 0 Å². The standard InChI is InChI=1S/C16H22O2/c1-11(2)13-9-10-16(3,18)14(13)15(17)12-7-5-4-6-8-12/h4-8,11,13-14,18H,9-10H2,1-3H3/t13-,14+,16+/m1/s1. The molecule has 1 N–H and O–H groups in total. The first-order chi connectivity index (χ1) is 8.43. The fourth-order valence-electron chi connectivity index (χ4n) is 3.22. The topological polar surface area (TPSA) is 37.3 Å². The molecule has 0 aromatic heterocycles. The van der Waals surface area contributed by atoms with Crippen molar-refractivity contribution in [3.8, 4) is 0 Å². The normalized spacial score (nSPS) is 31.8. The van der Waals surface area contributed by atoms with Crippen molar-refractivity contribution in [2.75, 3.05) is 0 Å². The van der Waals surface area contributed by atoms with Gasteiger partial charge in [-0.2, -0.15) is 0 Å². The number of benzene rings is 1. The van der Waals surface area contributed by atoms with Crippen LogP contribution in [0.15, 0.2) is 30.3 Å². The number of ketones is 1. The molecule has 0 radical (unpaired) electrons. The first-order valence-electron chi connectivity index (χ1n) is 6.75. The van der Waals surface area contributed by atoms with Gasteiger partial charge < -0.3 is 5.11 Å². The molecule has 0 aliphatic heterocycles. The summed E-state index contributed by atoms with van der Waals surface area (Å²) < 4.78 is 0. The molecule has 1 aliphatic rings. The zero-order chi connectivity index (χ0) is 13.3. The first-order valence-corrected chi connectivity index (χ1v) is 6.75. The van der Waals surface area contributed by atoms with Crippen LogP contribution in [0.1, 0.15) is 44.0 Å². The lowest BCUT2D eigenvalue weighted by Crippen LogP contribution is -2.39. The third-order valence-electron chi connectivity index (χ3n) is 4.28. The van der Waals surface area contributed by atoms with Gasteiger partial charge in [0, 0.05) is 5.56 Å². The van der Waals surface area contributed by atoms with Gasteiger partial charge in [-0.25, -0.2) is 0 Å². The zero-order valence-electron chi connectivity index (χ0n) is 11.4. The summed E-state index contributed by atoms with van der Waals surface area (Å²) in [6.07, 6.45) is 1.66. The van der Waals surface area contributed by atoms with Gasteiger partial charge in [0.15, 0.2) is 5.78 Å². The Balaban J connectivity index is 2.31. The van der Waals surface area contributed by atoms with Crippen LogP contribution in [0.4, 0.5) is 0 Å². The third-order valence-corrected chi connectivity index (χ3v) is 4.28. The molecule has 2 rings (SSSR count). The van der Waals surface area contributed by atoms with Crippen LogP contribution < -0.4 is 0 Å². The Bertz CT molecular complexity index is 420. The fourth-order valence-corrected chi connectivity index (χ4v) is 3.22. The van der Waals surface area contributed by atoms with Crippen LogP contribution in [-0.4, -0.2) is 16.5 Å². The summed E-state index contributed by atoms with van der Waals surface area (Å²) in [5, 5.41) is 10.5. The van der Waals surface area contributed by atoms with Crippen LogP contribution in [0.25, 0.3) is 0 Å². The summed E-state index contributed by atoms with van der Waals surface area (Å²) in [5.74, 6) is 0.543. The molecule has 2 nitrogen and oxygen atoms in total. The molecular formula is C16H22O2. The number of rotatable bonds is 3. The van der Waals surface area contributed by atoms with Crippen LogP contribution in [0.5, 0.6) is 0 Å². The molecule has 1 aromatic rings. The predicted molar refractivity (Wildman–Crippen MR) is 72.4 cm³/mol. The maximum atomic E-state index is 12.6. The maximum Gasteiger partial charge on any atom is 0.169 e. The summed E-state index contributed by atoms with van der Waals surface area (Å²) in [6.45, 7) is 6.08. The molecular weight excluding hydrogens is 224 g/mol. The Kier molecular flexibility index (Phi) is 3.58. The Hall–Kier alpha value is -1.15. The molecule has 0 unspecified atom stereocenters. The first kappa shape index (κ1) is 13.3. The Morgan fingerprint density at radius 2 is 1.94 bits per heavy atom. The molecule has 1 saturated carbocycles. The van der Waals surface area contributed by atoms with Crippen molar-refractivity contribution in [3.05, 3.63) is 35.9 Å². The van der Waals surface area contributed by atoms with Crippen LogP contribution >= 0.6 is 0 Å². The van der Waals surface area contributed by atoms with Gasteiger partial charge in [-0.15, -0.1) is 0 Å². The molecule has 0 amide bonds. The van der Waals surface area contributed by atoms with E-state index >= 15 is 0 Å². The molecule has 0 saturated heterocycles. The lowest BCUT2D eigenvalue weighted by molar-refractivity contribution is 0.0101. The molecule has 1 aromatic carbocycles. The highest BCUT2D eigenvalue weighted by Crippen LogP contribution is 2.45. The van der Waals surface area contributed by atoms with Crippen molar-refractivity contribution >= 4 is 5.78 Å². The zero-order valence-corrected chi connectivity index (χ0v) is 11.4. The summed E-state index contributed by atoms with van der Waals surface area (Å²) in [5.41, 5.74) is -0.141. The van der Waals surface area contributed by atoms with E-state index in [9.17, 15) is 9.90 Å². The van der Waals surface area contributed by atoms with Gasteiger partial charge in [-0.3, -0.25) is 4.79 Å². The second-order valence-corrected chi connectivity index (χ2v) is 6.01. The van der Waals surface area contributed by atoms with Gasteiger partial charge in [-0.1, -0.05) is 44.2 Å². The molecule has 0 bridgehead atoms.